The van der Waals surface area contributed by atoms with Crippen molar-refractivity contribution in [2.45, 2.75) is 6.42 Å². The van der Waals surface area contributed by atoms with Gasteiger partial charge in [-0.25, -0.2) is 14.8 Å². The molecule has 0 aliphatic heterocycles. The molecule has 14 heavy (non-hydrogen) atoms. The lowest BCUT2D eigenvalue weighted by Crippen LogP contribution is -2.02. The number of aliphatic hydroxyl groups excluding tert-OH is 1. The minimum Gasteiger partial charge on any atom is -0.475 e. The molecule has 0 unspecified atom stereocenters. The number of aromatic carboxylic acids is 1. The molecule has 5 heteroatoms. The number of carboxylic acid groups (broad SMARTS) is 1. The second kappa shape index (κ2) is 5.08. The second-order valence-corrected chi connectivity index (χ2v) is 2.56. The summed E-state index contributed by atoms with van der Waals surface area (Å²) in [5, 5.41) is 17.0. The highest BCUT2D eigenvalue weighted by Gasteiger charge is 2.03. The summed E-state index contributed by atoms with van der Waals surface area (Å²) in [6.07, 6.45) is 6.89. The van der Waals surface area contributed by atoms with E-state index >= 15 is 0 Å². The Kier molecular flexibility index (Phi) is 3.75. The van der Waals surface area contributed by atoms with Crippen molar-refractivity contribution >= 4 is 12.0 Å². The maximum Gasteiger partial charge on any atom is 0.373 e. The van der Waals surface area contributed by atoms with E-state index in [-0.39, 0.29) is 12.4 Å². The van der Waals surface area contributed by atoms with Crippen molar-refractivity contribution in [3.63, 3.8) is 0 Å². The van der Waals surface area contributed by atoms with Gasteiger partial charge in [0.25, 0.3) is 0 Å². The number of carbonyl (C=O) groups is 1. The molecule has 5 nitrogen and oxygen atoms in total. The summed E-state index contributed by atoms with van der Waals surface area (Å²) in [6.45, 7) is 0.0879. The van der Waals surface area contributed by atoms with Crippen molar-refractivity contribution in [2.24, 2.45) is 0 Å². The molecule has 1 aromatic rings. The summed E-state index contributed by atoms with van der Waals surface area (Å²) < 4.78 is 0. The number of hydrogen-bond acceptors (Lipinski definition) is 4. The molecule has 0 aliphatic rings. The first-order chi connectivity index (χ1) is 6.74. The minimum atomic E-state index is -1.14. The fourth-order valence-electron chi connectivity index (χ4n) is 0.828. The number of carboxylic acids is 1. The zero-order valence-electron chi connectivity index (χ0n) is 7.42. The largest absolute Gasteiger partial charge is 0.475 e. The molecule has 0 saturated carbocycles. The van der Waals surface area contributed by atoms with Crippen molar-refractivity contribution in [3.05, 3.63) is 29.9 Å². The lowest BCUT2D eigenvalue weighted by Gasteiger charge is -1.93. The van der Waals surface area contributed by atoms with Crippen LogP contribution >= 0.6 is 0 Å². The highest BCUT2D eigenvalue weighted by Crippen LogP contribution is 1.99. The van der Waals surface area contributed by atoms with Crippen LogP contribution in [-0.2, 0) is 0 Å². The molecule has 0 saturated heterocycles. The Morgan fingerprint density at radius 2 is 2.07 bits per heavy atom. The number of rotatable bonds is 4. The SMILES string of the molecule is O=C(O)c1ncc(C=CCCO)cn1. The highest BCUT2D eigenvalue weighted by atomic mass is 16.4. The molecule has 0 aliphatic carbocycles. The molecule has 0 atom stereocenters. The summed E-state index contributed by atoms with van der Waals surface area (Å²) in [6, 6.07) is 0. The van der Waals surface area contributed by atoms with Gasteiger partial charge in [-0.1, -0.05) is 12.2 Å². The summed E-state index contributed by atoms with van der Waals surface area (Å²) in [5.74, 6) is -1.36. The van der Waals surface area contributed by atoms with Crippen molar-refractivity contribution in [1.29, 1.82) is 0 Å². The van der Waals surface area contributed by atoms with E-state index in [1.165, 1.54) is 12.4 Å². The van der Waals surface area contributed by atoms with Gasteiger partial charge in [0.2, 0.25) is 5.82 Å². The highest BCUT2D eigenvalue weighted by molar-refractivity contribution is 5.82. The summed E-state index contributed by atoms with van der Waals surface area (Å²) in [7, 11) is 0. The van der Waals surface area contributed by atoms with Crippen LogP contribution in [0.5, 0.6) is 0 Å². The predicted octanol–water partition coefficient (Wildman–Crippen LogP) is 0.570. The van der Waals surface area contributed by atoms with Crippen LogP contribution in [0, 0.1) is 0 Å². The van der Waals surface area contributed by atoms with E-state index in [0.29, 0.717) is 12.0 Å². The Hall–Kier alpha value is -1.75. The normalized spacial score (nSPS) is 10.6. The van der Waals surface area contributed by atoms with Gasteiger partial charge in [-0.15, -0.1) is 0 Å². The molecular formula is C9H10N2O3. The van der Waals surface area contributed by atoms with Crippen molar-refractivity contribution in [2.75, 3.05) is 6.61 Å². The Morgan fingerprint density at radius 1 is 1.43 bits per heavy atom. The third-order valence-electron chi connectivity index (χ3n) is 1.47. The van der Waals surface area contributed by atoms with Gasteiger partial charge in [0, 0.05) is 24.6 Å². The van der Waals surface area contributed by atoms with Gasteiger partial charge in [0.1, 0.15) is 0 Å². The monoisotopic (exact) mass is 194 g/mol. The Morgan fingerprint density at radius 3 is 2.57 bits per heavy atom. The van der Waals surface area contributed by atoms with Crippen molar-refractivity contribution < 1.29 is 15.0 Å². The maximum atomic E-state index is 10.4. The first kappa shape index (κ1) is 10.3. The van der Waals surface area contributed by atoms with E-state index in [4.69, 9.17) is 10.2 Å². The summed E-state index contributed by atoms with van der Waals surface area (Å²) in [4.78, 5) is 17.7. The molecule has 1 aromatic heterocycles. The molecule has 0 fully saturated rings. The molecular weight excluding hydrogens is 184 g/mol. The second-order valence-electron chi connectivity index (χ2n) is 2.56. The fraction of sp³-hybridized carbons (Fsp3) is 0.222. The van der Waals surface area contributed by atoms with Crippen LogP contribution in [0.1, 0.15) is 22.6 Å². The summed E-state index contributed by atoms with van der Waals surface area (Å²) in [5.41, 5.74) is 0.712. The molecule has 0 spiro atoms. The minimum absolute atomic E-state index is 0.0879. The van der Waals surface area contributed by atoms with Gasteiger partial charge in [0.05, 0.1) is 0 Å². The van der Waals surface area contributed by atoms with Gasteiger partial charge < -0.3 is 10.2 Å². The van der Waals surface area contributed by atoms with Gasteiger partial charge >= 0.3 is 5.97 Å². The van der Waals surface area contributed by atoms with E-state index in [2.05, 4.69) is 9.97 Å². The first-order valence-electron chi connectivity index (χ1n) is 4.07. The quantitative estimate of drug-likeness (QED) is 0.732. The van der Waals surface area contributed by atoms with E-state index < -0.39 is 5.97 Å². The van der Waals surface area contributed by atoms with Crippen LogP contribution in [0.15, 0.2) is 18.5 Å². The molecule has 2 N–H and O–H groups in total. The Balaban J connectivity index is 2.68. The number of aromatic nitrogens is 2. The Bertz CT molecular complexity index is 332. The van der Waals surface area contributed by atoms with Crippen LogP contribution in [0.25, 0.3) is 6.08 Å². The smallest absolute Gasteiger partial charge is 0.373 e. The fourth-order valence-corrected chi connectivity index (χ4v) is 0.828. The first-order valence-corrected chi connectivity index (χ1v) is 4.07. The molecule has 0 radical (unpaired) electrons. The van der Waals surface area contributed by atoms with Crippen LogP contribution in [0.3, 0.4) is 0 Å². The van der Waals surface area contributed by atoms with Crippen LogP contribution in [-0.4, -0.2) is 32.8 Å². The number of hydrogen-bond donors (Lipinski definition) is 2. The average molecular weight is 194 g/mol. The van der Waals surface area contributed by atoms with E-state index in [1.807, 2.05) is 0 Å². The van der Waals surface area contributed by atoms with Crippen molar-refractivity contribution in [3.8, 4) is 0 Å². The Labute approximate surface area is 80.8 Å². The van der Waals surface area contributed by atoms with Crippen LogP contribution in [0.2, 0.25) is 0 Å². The molecule has 1 rings (SSSR count). The van der Waals surface area contributed by atoms with E-state index in [9.17, 15) is 4.79 Å². The molecule has 0 amide bonds. The van der Waals surface area contributed by atoms with Crippen LogP contribution in [0.4, 0.5) is 0 Å². The van der Waals surface area contributed by atoms with Gasteiger partial charge in [-0.05, 0) is 6.42 Å². The van der Waals surface area contributed by atoms with Crippen molar-refractivity contribution in [1.82, 2.24) is 9.97 Å². The van der Waals surface area contributed by atoms with E-state index in [0.717, 1.165) is 0 Å². The lowest BCUT2D eigenvalue weighted by molar-refractivity contribution is 0.0683. The zero-order chi connectivity index (χ0) is 10.4. The lowest BCUT2D eigenvalue weighted by atomic mass is 10.3. The molecule has 0 aromatic carbocycles. The van der Waals surface area contributed by atoms with Gasteiger partial charge in [-0.3, -0.25) is 0 Å². The van der Waals surface area contributed by atoms with Gasteiger partial charge in [0.15, 0.2) is 0 Å². The van der Waals surface area contributed by atoms with Crippen LogP contribution < -0.4 is 0 Å². The van der Waals surface area contributed by atoms with Gasteiger partial charge in [-0.2, -0.15) is 0 Å². The molecule has 1 heterocycles. The number of aliphatic hydroxyl groups is 1. The van der Waals surface area contributed by atoms with E-state index in [1.54, 1.807) is 12.2 Å². The third-order valence-corrected chi connectivity index (χ3v) is 1.47. The predicted molar refractivity (Wildman–Crippen MR) is 49.7 cm³/mol. The average Bonchev–Trinajstić information content (AvgIpc) is 2.19. The third kappa shape index (κ3) is 2.95. The zero-order valence-corrected chi connectivity index (χ0v) is 7.42. The molecule has 0 bridgehead atoms. The summed E-state index contributed by atoms with van der Waals surface area (Å²) >= 11 is 0. The number of nitrogens with zero attached hydrogens (tertiary/aromatic N) is 2. The maximum absolute atomic E-state index is 10.4. The topological polar surface area (TPSA) is 83.3 Å². The standard InChI is InChI=1S/C9H10N2O3/c12-4-2-1-3-7-5-10-8(9(13)14)11-6-7/h1,3,5-6,12H,2,4H2,(H,13,14). The molecule has 74 valence electrons.